The lowest BCUT2D eigenvalue weighted by Crippen LogP contribution is -2.07. The summed E-state index contributed by atoms with van der Waals surface area (Å²) in [7, 11) is 0. The maximum Gasteiger partial charge on any atom is 0.288 e. The van der Waals surface area contributed by atoms with Crippen LogP contribution in [-0.4, -0.2) is 14.7 Å². The Hall–Kier alpha value is -0.490. The van der Waals surface area contributed by atoms with Crippen molar-refractivity contribution in [1.82, 2.24) is 4.98 Å². The lowest BCUT2D eigenvalue weighted by Gasteiger charge is -2.08. The van der Waals surface area contributed by atoms with E-state index in [-0.39, 0.29) is 5.69 Å². The summed E-state index contributed by atoms with van der Waals surface area (Å²) in [5, 5.41) is 10.5. The van der Waals surface area contributed by atoms with Crippen molar-refractivity contribution in [2.24, 2.45) is 5.92 Å². The minimum Gasteiger partial charge on any atom is -0.258 e. The van der Waals surface area contributed by atoms with Crippen molar-refractivity contribution in [2.45, 2.75) is 24.1 Å². The average Bonchev–Trinajstić information content (AvgIpc) is 3.03. The summed E-state index contributed by atoms with van der Waals surface area (Å²) < 4.78 is 0.715. The summed E-state index contributed by atoms with van der Waals surface area (Å²) in [4.78, 5) is 14.7. The molecule has 1 atom stereocenters. The van der Waals surface area contributed by atoms with Gasteiger partial charge in [0.1, 0.15) is 6.20 Å². The zero-order valence-corrected chi connectivity index (χ0v) is 11.6. The lowest BCUT2D eigenvalue weighted by atomic mass is 10.1. The molecule has 4 nitrogen and oxygen atoms in total. The van der Waals surface area contributed by atoms with Crippen LogP contribution in [0.1, 0.15) is 18.5 Å². The predicted octanol–water partition coefficient (Wildman–Crippen LogP) is 3.47. The molecule has 0 aromatic carbocycles. The Kier molecular flexibility index (Phi) is 3.59. The summed E-state index contributed by atoms with van der Waals surface area (Å²) in [6.45, 7) is 0. The summed E-state index contributed by atoms with van der Waals surface area (Å²) in [6, 6.07) is 1.51. The molecular formula is C10H10Br2N2O2. The van der Waals surface area contributed by atoms with Crippen molar-refractivity contribution in [1.29, 1.82) is 0 Å². The molecule has 1 saturated carbocycles. The van der Waals surface area contributed by atoms with Crippen LogP contribution in [-0.2, 0) is 6.42 Å². The Morgan fingerprint density at radius 2 is 2.31 bits per heavy atom. The van der Waals surface area contributed by atoms with Crippen molar-refractivity contribution < 1.29 is 4.92 Å². The molecule has 0 aliphatic heterocycles. The van der Waals surface area contributed by atoms with Gasteiger partial charge in [0.05, 0.1) is 10.6 Å². The molecule has 1 aromatic heterocycles. The first kappa shape index (κ1) is 12.0. The zero-order valence-electron chi connectivity index (χ0n) is 8.40. The second kappa shape index (κ2) is 4.79. The van der Waals surface area contributed by atoms with Crippen molar-refractivity contribution >= 4 is 37.5 Å². The van der Waals surface area contributed by atoms with E-state index in [1.54, 1.807) is 0 Å². The Balaban J connectivity index is 2.12. The molecule has 2 rings (SSSR count). The second-order valence-corrected chi connectivity index (χ2v) is 5.97. The van der Waals surface area contributed by atoms with Crippen molar-refractivity contribution in [3.8, 4) is 0 Å². The summed E-state index contributed by atoms with van der Waals surface area (Å²) >= 11 is 6.95. The Bertz CT molecular complexity index is 421. The highest BCUT2D eigenvalue weighted by Crippen LogP contribution is 2.38. The molecule has 16 heavy (non-hydrogen) atoms. The van der Waals surface area contributed by atoms with E-state index in [4.69, 9.17) is 0 Å². The van der Waals surface area contributed by atoms with E-state index in [1.165, 1.54) is 25.1 Å². The summed E-state index contributed by atoms with van der Waals surface area (Å²) in [5.74, 6) is 0.740. The van der Waals surface area contributed by atoms with Crippen molar-refractivity contribution in [3.63, 3.8) is 0 Å². The fraction of sp³-hybridized carbons (Fsp3) is 0.500. The van der Waals surface area contributed by atoms with Gasteiger partial charge in [-0.3, -0.25) is 15.1 Å². The van der Waals surface area contributed by atoms with E-state index in [1.807, 2.05) is 0 Å². The molecule has 0 N–H and O–H groups in total. The largest absolute Gasteiger partial charge is 0.288 e. The van der Waals surface area contributed by atoms with E-state index in [0.717, 1.165) is 18.0 Å². The fourth-order valence-corrected chi connectivity index (χ4v) is 2.85. The molecule has 0 bridgehead atoms. The lowest BCUT2D eigenvalue weighted by molar-refractivity contribution is -0.385. The van der Waals surface area contributed by atoms with E-state index >= 15 is 0 Å². The topological polar surface area (TPSA) is 56.0 Å². The van der Waals surface area contributed by atoms with Gasteiger partial charge in [0.15, 0.2) is 0 Å². The highest BCUT2D eigenvalue weighted by molar-refractivity contribution is 9.10. The van der Waals surface area contributed by atoms with Gasteiger partial charge in [-0.2, -0.15) is 0 Å². The summed E-state index contributed by atoms with van der Waals surface area (Å²) in [6.07, 6.45) is 4.65. The number of aromatic nitrogens is 1. The first-order valence-electron chi connectivity index (χ1n) is 5.01. The van der Waals surface area contributed by atoms with Crippen LogP contribution in [0.25, 0.3) is 0 Å². The van der Waals surface area contributed by atoms with Gasteiger partial charge in [-0.15, -0.1) is 0 Å². The third kappa shape index (κ3) is 2.79. The van der Waals surface area contributed by atoms with Crippen LogP contribution >= 0.6 is 31.9 Å². The van der Waals surface area contributed by atoms with Gasteiger partial charge >= 0.3 is 0 Å². The molecule has 1 unspecified atom stereocenters. The highest BCUT2D eigenvalue weighted by atomic mass is 79.9. The van der Waals surface area contributed by atoms with Gasteiger partial charge in [0.25, 0.3) is 5.69 Å². The molecule has 0 radical (unpaired) electrons. The second-order valence-electron chi connectivity index (χ2n) is 3.94. The SMILES string of the molecule is O=[N+]([O-])c1cnc(CC(Br)C2CC2)c(Br)c1. The van der Waals surface area contributed by atoms with Gasteiger partial charge < -0.3 is 0 Å². The number of nitrogens with zero attached hydrogens (tertiary/aromatic N) is 2. The van der Waals surface area contributed by atoms with E-state index in [9.17, 15) is 10.1 Å². The number of pyridine rings is 1. The summed E-state index contributed by atoms with van der Waals surface area (Å²) in [5.41, 5.74) is 0.896. The maximum absolute atomic E-state index is 10.5. The van der Waals surface area contributed by atoms with Gasteiger partial charge in [0, 0.05) is 21.8 Å². The molecule has 86 valence electrons. The number of nitro groups is 1. The van der Waals surface area contributed by atoms with Crippen LogP contribution in [0.3, 0.4) is 0 Å². The number of halogens is 2. The molecule has 1 aliphatic rings. The number of alkyl halides is 1. The predicted molar refractivity (Wildman–Crippen MR) is 67.7 cm³/mol. The molecule has 1 heterocycles. The molecule has 1 fully saturated rings. The van der Waals surface area contributed by atoms with E-state index < -0.39 is 4.92 Å². The third-order valence-electron chi connectivity index (χ3n) is 2.64. The first-order valence-corrected chi connectivity index (χ1v) is 6.71. The van der Waals surface area contributed by atoms with E-state index in [0.29, 0.717) is 9.30 Å². The third-order valence-corrected chi connectivity index (χ3v) is 4.39. The fourth-order valence-electron chi connectivity index (χ4n) is 1.52. The van der Waals surface area contributed by atoms with Crippen LogP contribution in [0.5, 0.6) is 0 Å². The molecule has 0 saturated heterocycles. The molecular weight excluding hydrogens is 340 g/mol. The Morgan fingerprint density at radius 3 is 2.81 bits per heavy atom. The smallest absolute Gasteiger partial charge is 0.258 e. The monoisotopic (exact) mass is 348 g/mol. The van der Waals surface area contributed by atoms with Crippen LogP contribution in [0.15, 0.2) is 16.7 Å². The van der Waals surface area contributed by atoms with Crippen LogP contribution in [0.2, 0.25) is 0 Å². The van der Waals surface area contributed by atoms with E-state index in [2.05, 4.69) is 36.8 Å². The van der Waals surface area contributed by atoms with Crippen molar-refractivity contribution in [3.05, 3.63) is 32.5 Å². The minimum absolute atomic E-state index is 0.0215. The molecule has 0 spiro atoms. The molecule has 6 heteroatoms. The van der Waals surface area contributed by atoms with Gasteiger partial charge in [0.2, 0.25) is 0 Å². The van der Waals surface area contributed by atoms with Crippen LogP contribution in [0, 0.1) is 16.0 Å². The minimum atomic E-state index is -0.436. The first-order chi connectivity index (χ1) is 7.58. The normalized spacial score (nSPS) is 17.1. The standard InChI is InChI=1S/C10H10Br2N2O2/c11-8(6-1-2-6)4-10-9(12)3-7(5-13-10)14(15)16/h3,5-6,8H,1-2,4H2. The average molecular weight is 350 g/mol. The van der Waals surface area contributed by atoms with Gasteiger partial charge in [-0.25, -0.2) is 0 Å². The number of hydrogen-bond donors (Lipinski definition) is 0. The highest BCUT2D eigenvalue weighted by Gasteiger charge is 2.30. The quantitative estimate of drug-likeness (QED) is 0.475. The molecule has 0 amide bonds. The molecule has 1 aromatic rings. The Labute approximate surface area is 110 Å². The van der Waals surface area contributed by atoms with Gasteiger partial charge in [-0.05, 0) is 34.7 Å². The number of rotatable bonds is 4. The van der Waals surface area contributed by atoms with Crippen molar-refractivity contribution in [2.75, 3.05) is 0 Å². The molecule has 1 aliphatic carbocycles. The van der Waals surface area contributed by atoms with Crippen LogP contribution < -0.4 is 0 Å². The van der Waals surface area contributed by atoms with Crippen LogP contribution in [0.4, 0.5) is 5.69 Å². The zero-order chi connectivity index (χ0) is 11.7. The maximum atomic E-state index is 10.5. The Morgan fingerprint density at radius 1 is 1.62 bits per heavy atom. The van der Waals surface area contributed by atoms with Gasteiger partial charge in [-0.1, -0.05) is 15.9 Å². The number of hydrogen-bond acceptors (Lipinski definition) is 3.